The Labute approximate surface area is 173 Å². The fourth-order valence-corrected chi connectivity index (χ4v) is 3.35. The van der Waals surface area contributed by atoms with Crippen molar-refractivity contribution in [2.75, 3.05) is 26.2 Å². The van der Waals surface area contributed by atoms with Gasteiger partial charge in [0.25, 0.3) is 11.6 Å². The number of methoxy groups -OCH3 is 2. The van der Waals surface area contributed by atoms with Gasteiger partial charge < -0.3 is 18.9 Å². The molecule has 0 aliphatic heterocycles. The van der Waals surface area contributed by atoms with E-state index in [1.807, 2.05) is 30.3 Å². The van der Waals surface area contributed by atoms with Crippen molar-refractivity contribution in [2.24, 2.45) is 0 Å². The van der Waals surface area contributed by atoms with Crippen LogP contribution in [0, 0.1) is 6.92 Å². The molecule has 0 aliphatic rings. The van der Waals surface area contributed by atoms with Crippen LogP contribution in [0.4, 0.5) is 5.69 Å². The number of hydrogen-bond donors (Lipinski definition) is 0. The molecule has 4 aromatic rings. The lowest BCUT2D eigenvalue weighted by Gasteiger charge is -2.20. The summed E-state index contributed by atoms with van der Waals surface area (Å²) < 4.78 is 16.0. The van der Waals surface area contributed by atoms with Gasteiger partial charge in [0, 0.05) is 24.4 Å². The second-order valence-corrected chi connectivity index (χ2v) is 6.77. The van der Waals surface area contributed by atoms with Crippen molar-refractivity contribution < 1.29 is 18.8 Å². The summed E-state index contributed by atoms with van der Waals surface area (Å²) in [5.74, 6) is 0.924. The average molecular weight is 403 g/mol. The van der Waals surface area contributed by atoms with Gasteiger partial charge in [-0.05, 0) is 25.1 Å². The number of fused-ring (bicyclic) bond motifs is 1. The minimum Gasteiger partial charge on any atom is -0.493 e. The Morgan fingerprint density at radius 3 is 2.43 bits per heavy atom. The number of nitrogens with zero attached hydrogens (tertiary/aromatic N) is 3. The Kier molecular flexibility index (Phi) is 5.10. The summed E-state index contributed by atoms with van der Waals surface area (Å²) in [5, 5.41) is 4.61. The maximum atomic E-state index is 13.5. The summed E-state index contributed by atoms with van der Waals surface area (Å²) in [6.45, 7) is 1.79. The molecule has 152 valence electrons. The summed E-state index contributed by atoms with van der Waals surface area (Å²) in [7, 11) is 4.84. The largest absolute Gasteiger partial charge is 0.493 e. The van der Waals surface area contributed by atoms with E-state index in [2.05, 4.69) is 10.1 Å². The van der Waals surface area contributed by atoms with Crippen LogP contribution in [0.3, 0.4) is 0 Å². The first-order valence-corrected chi connectivity index (χ1v) is 9.36. The van der Waals surface area contributed by atoms with Gasteiger partial charge in [-0.15, -0.1) is 0 Å². The van der Waals surface area contributed by atoms with Crippen molar-refractivity contribution in [3.63, 3.8) is 0 Å². The van der Waals surface area contributed by atoms with E-state index in [9.17, 15) is 4.79 Å². The Morgan fingerprint density at radius 2 is 1.73 bits per heavy atom. The lowest BCUT2D eigenvalue weighted by atomic mass is 10.0. The van der Waals surface area contributed by atoms with E-state index in [0.717, 1.165) is 5.56 Å². The van der Waals surface area contributed by atoms with Gasteiger partial charge >= 0.3 is 0 Å². The molecule has 0 radical (unpaired) electrons. The van der Waals surface area contributed by atoms with E-state index in [1.54, 1.807) is 57.4 Å². The number of benzene rings is 2. The zero-order valence-corrected chi connectivity index (χ0v) is 17.2. The highest BCUT2D eigenvalue weighted by molar-refractivity contribution is 6.14. The molecule has 0 spiro atoms. The smallest absolute Gasteiger partial charge is 0.259 e. The maximum absolute atomic E-state index is 13.5. The molecule has 0 saturated carbocycles. The Balaban J connectivity index is 1.82. The predicted molar refractivity (Wildman–Crippen MR) is 114 cm³/mol. The monoisotopic (exact) mass is 403 g/mol. The van der Waals surface area contributed by atoms with Crippen molar-refractivity contribution in [3.8, 4) is 22.8 Å². The van der Waals surface area contributed by atoms with E-state index < -0.39 is 0 Å². The molecule has 0 fully saturated rings. The number of anilines is 1. The molecular weight excluding hydrogens is 382 g/mol. The van der Waals surface area contributed by atoms with Crippen LogP contribution < -0.4 is 14.4 Å². The van der Waals surface area contributed by atoms with Crippen molar-refractivity contribution >= 4 is 22.7 Å². The number of hydrogen-bond acceptors (Lipinski definition) is 6. The molecule has 0 unspecified atom stereocenters. The fourth-order valence-electron chi connectivity index (χ4n) is 3.35. The molecule has 0 aliphatic carbocycles. The predicted octanol–water partition coefficient (Wildman–Crippen LogP) is 4.49. The third kappa shape index (κ3) is 3.34. The zero-order chi connectivity index (χ0) is 21.3. The maximum Gasteiger partial charge on any atom is 0.259 e. The normalized spacial score (nSPS) is 10.8. The van der Waals surface area contributed by atoms with E-state index in [1.165, 1.54) is 0 Å². The molecule has 2 heterocycles. The average Bonchev–Trinajstić information content (AvgIpc) is 3.18. The molecule has 4 rings (SSSR count). The van der Waals surface area contributed by atoms with Crippen LogP contribution >= 0.6 is 0 Å². The van der Waals surface area contributed by atoms with E-state index in [0.29, 0.717) is 45.2 Å². The molecule has 7 nitrogen and oxygen atoms in total. The standard InChI is InChI=1S/C23H21N3O4/c1-14-21-17(13-18(24-22(21)30-25-14)15-8-6-5-7-9-15)23(27)26(2)16-10-11-19(28-3)20(12-16)29-4/h5-13H,1-4H3. The zero-order valence-electron chi connectivity index (χ0n) is 17.2. The molecule has 0 saturated heterocycles. The molecule has 7 heteroatoms. The number of rotatable bonds is 5. The van der Waals surface area contributed by atoms with Crippen LogP contribution in [0.15, 0.2) is 59.1 Å². The molecule has 2 aromatic heterocycles. The Hall–Kier alpha value is -3.87. The molecule has 0 bridgehead atoms. The first kappa shape index (κ1) is 19.4. The van der Waals surface area contributed by atoms with Crippen molar-refractivity contribution in [1.82, 2.24) is 10.1 Å². The summed E-state index contributed by atoms with van der Waals surface area (Å²) >= 11 is 0. The lowest BCUT2D eigenvalue weighted by Crippen LogP contribution is -2.26. The van der Waals surface area contributed by atoms with Crippen LogP contribution in [-0.2, 0) is 0 Å². The summed E-state index contributed by atoms with van der Waals surface area (Å²) in [6, 6.07) is 16.7. The van der Waals surface area contributed by atoms with Gasteiger partial charge in [-0.1, -0.05) is 35.5 Å². The van der Waals surface area contributed by atoms with Gasteiger partial charge in [0.15, 0.2) is 11.5 Å². The van der Waals surface area contributed by atoms with Crippen LogP contribution in [0.5, 0.6) is 11.5 Å². The third-order valence-corrected chi connectivity index (χ3v) is 4.98. The van der Waals surface area contributed by atoms with Gasteiger partial charge in [0.2, 0.25) is 0 Å². The van der Waals surface area contributed by atoms with Gasteiger partial charge in [-0.2, -0.15) is 0 Å². The van der Waals surface area contributed by atoms with E-state index >= 15 is 0 Å². The van der Waals surface area contributed by atoms with Crippen LogP contribution in [0.1, 0.15) is 16.1 Å². The van der Waals surface area contributed by atoms with Gasteiger partial charge in [-0.3, -0.25) is 4.79 Å². The number of pyridine rings is 1. The van der Waals surface area contributed by atoms with Crippen molar-refractivity contribution in [2.45, 2.75) is 6.92 Å². The number of carbonyl (C=O) groups excluding carboxylic acids is 1. The molecule has 30 heavy (non-hydrogen) atoms. The Bertz CT molecular complexity index is 1220. The van der Waals surface area contributed by atoms with Crippen molar-refractivity contribution in [1.29, 1.82) is 0 Å². The third-order valence-electron chi connectivity index (χ3n) is 4.98. The van der Waals surface area contributed by atoms with E-state index in [-0.39, 0.29) is 5.91 Å². The van der Waals surface area contributed by atoms with Crippen LogP contribution in [0.25, 0.3) is 22.4 Å². The summed E-state index contributed by atoms with van der Waals surface area (Å²) in [4.78, 5) is 19.6. The SMILES string of the molecule is COc1ccc(N(C)C(=O)c2cc(-c3ccccc3)nc3onc(C)c23)cc1OC. The first-order valence-electron chi connectivity index (χ1n) is 9.36. The summed E-state index contributed by atoms with van der Waals surface area (Å²) in [5.41, 5.74) is 3.60. The van der Waals surface area contributed by atoms with Crippen molar-refractivity contribution in [3.05, 3.63) is 65.9 Å². The molecule has 0 atom stereocenters. The number of aromatic nitrogens is 2. The summed E-state index contributed by atoms with van der Waals surface area (Å²) in [6.07, 6.45) is 0. The highest BCUT2D eigenvalue weighted by Gasteiger charge is 2.23. The topological polar surface area (TPSA) is 77.7 Å². The molecule has 1 amide bonds. The van der Waals surface area contributed by atoms with Crippen LogP contribution in [-0.4, -0.2) is 37.3 Å². The fraction of sp³-hybridized carbons (Fsp3) is 0.174. The van der Waals surface area contributed by atoms with E-state index in [4.69, 9.17) is 14.0 Å². The molecule has 2 aromatic carbocycles. The second kappa shape index (κ2) is 7.87. The van der Waals surface area contributed by atoms with Crippen LogP contribution in [0.2, 0.25) is 0 Å². The number of aryl methyl sites for hydroxylation is 1. The lowest BCUT2D eigenvalue weighted by molar-refractivity contribution is 0.0994. The second-order valence-electron chi connectivity index (χ2n) is 6.77. The molecular formula is C23H21N3O4. The minimum atomic E-state index is -0.210. The molecule has 0 N–H and O–H groups in total. The quantitative estimate of drug-likeness (QED) is 0.489. The van der Waals surface area contributed by atoms with Gasteiger partial charge in [0.05, 0.1) is 36.6 Å². The van der Waals surface area contributed by atoms with Gasteiger partial charge in [-0.25, -0.2) is 4.98 Å². The Morgan fingerprint density at radius 1 is 1.00 bits per heavy atom. The van der Waals surface area contributed by atoms with Gasteiger partial charge in [0.1, 0.15) is 0 Å². The number of amides is 1. The highest BCUT2D eigenvalue weighted by atomic mass is 16.5. The number of carbonyl (C=O) groups is 1. The highest BCUT2D eigenvalue weighted by Crippen LogP contribution is 2.33. The minimum absolute atomic E-state index is 0.210. The number of ether oxygens (including phenoxy) is 2. The first-order chi connectivity index (χ1) is 14.5.